The second kappa shape index (κ2) is 14.3. The zero-order valence-corrected chi connectivity index (χ0v) is 12.0. The van der Waals surface area contributed by atoms with Crippen LogP contribution in [0.3, 0.4) is 0 Å². The Morgan fingerprint density at radius 3 is 1.83 bits per heavy atom. The van der Waals surface area contributed by atoms with Gasteiger partial charge < -0.3 is 5.11 Å². The third kappa shape index (κ3) is 15.2. The number of rotatable bonds is 13. The molecular weight excluding hydrogens is 224 g/mol. The Kier molecular flexibility index (Phi) is 13.6. The van der Waals surface area contributed by atoms with Crippen molar-refractivity contribution in [1.29, 1.82) is 0 Å². The van der Waals surface area contributed by atoms with Crippen molar-refractivity contribution < 1.29 is 9.90 Å². The van der Waals surface area contributed by atoms with Crippen LogP contribution in [0.15, 0.2) is 12.2 Å². The molecule has 0 aliphatic carbocycles. The molecule has 0 aromatic rings. The smallest absolute Gasteiger partial charge is 0.303 e. The second-order valence-electron chi connectivity index (χ2n) is 4.99. The van der Waals surface area contributed by atoms with E-state index in [2.05, 4.69) is 19.1 Å². The van der Waals surface area contributed by atoms with Gasteiger partial charge >= 0.3 is 5.97 Å². The Labute approximate surface area is 112 Å². The molecule has 0 bridgehead atoms. The Morgan fingerprint density at radius 1 is 0.833 bits per heavy atom. The first-order valence-corrected chi connectivity index (χ1v) is 7.64. The number of hydrogen-bond donors (Lipinski definition) is 1. The molecule has 0 radical (unpaired) electrons. The van der Waals surface area contributed by atoms with Gasteiger partial charge in [0.25, 0.3) is 0 Å². The number of carboxylic acids is 1. The van der Waals surface area contributed by atoms with E-state index >= 15 is 0 Å². The summed E-state index contributed by atoms with van der Waals surface area (Å²) in [6, 6.07) is 0. The Balaban J connectivity index is 2.99. The van der Waals surface area contributed by atoms with Gasteiger partial charge in [-0.25, -0.2) is 0 Å². The van der Waals surface area contributed by atoms with E-state index in [1.165, 1.54) is 51.4 Å². The molecule has 0 fully saturated rings. The van der Waals surface area contributed by atoms with Crippen LogP contribution < -0.4 is 0 Å². The molecule has 0 aliphatic heterocycles. The molecule has 2 heteroatoms. The lowest BCUT2D eigenvalue weighted by Crippen LogP contribution is -1.93. The zero-order valence-electron chi connectivity index (χ0n) is 12.0. The molecule has 1 N–H and O–H groups in total. The van der Waals surface area contributed by atoms with E-state index in [0.717, 1.165) is 19.3 Å². The topological polar surface area (TPSA) is 37.3 Å². The van der Waals surface area contributed by atoms with E-state index in [9.17, 15) is 4.79 Å². The fourth-order valence-electron chi connectivity index (χ4n) is 2.06. The number of hydrogen-bond acceptors (Lipinski definition) is 1. The molecule has 0 saturated heterocycles. The summed E-state index contributed by atoms with van der Waals surface area (Å²) in [6.45, 7) is 2.17. The standard InChI is InChI=1S/C16H30O2/c1-2-3-4-5-6-7-8-9-10-11-12-13-14-15-16(17)18/h3-4H,2,5-15H2,1H3,(H,17,18)/b4-3+. The van der Waals surface area contributed by atoms with Crippen LogP contribution in [0.25, 0.3) is 0 Å². The largest absolute Gasteiger partial charge is 0.481 e. The minimum absolute atomic E-state index is 0.339. The number of carboxylic acid groups (broad SMARTS) is 1. The van der Waals surface area contributed by atoms with Gasteiger partial charge in [-0.1, -0.05) is 64.0 Å². The number of allylic oxidation sites excluding steroid dienone is 2. The maximum Gasteiger partial charge on any atom is 0.303 e. The molecule has 0 heterocycles. The average molecular weight is 254 g/mol. The van der Waals surface area contributed by atoms with E-state index < -0.39 is 5.97 Å². The maximum absolute atomic E-state index is 10.3. The monoisotopic (exact) mass is 254 g/mol. The first-order chi connectivity index (χ1) is 8.77. The van der Waals surface area contributed by atoms with E-state index in [0.29, 0.717) is 6.42 Å². The maximum atomic E-state index is 10.3. The van der Waals surface area contributed by atoms with Crippen molar-refractivity contribution in [1.82, 2.24) is 0 Å². The summed E-state index contributed by atoms with van der Waals surface area (Å²) < 4.78 is 0. The molecule has 0 aromatic heterocycles. The van der Waals surface area contributed by atoms with Gasteiger partial charge in [-0.05, 0) is 25.7 Å². The molecule has 0 unspecified atom stereocenters. The number of aliphatic carboxylic acids is 1. The third-order valence-electron chi connectivity index (χ3n) is 3.16. The van der Waals surface area contributed by atoms with Gasteiger partial charge in [0.2, 0.25) is 0 Å². The van der Waals surface area contributed by atoms with Crippen molar-refractivity contribution in [2.45, 2.75) is 84.0 Å². The Hall–Kier alpha value is -0.790. The van der Waals surface area contributed by atoms with Crippen LogP contribution in [0.5, 0.6) is 0 Å². The summed E-state index contributed by atoms with van der Waals surface area (Å²) >= 11 is 0. The Bertz CT molecular complexity index is 209. The van der Waals surface area contributed by atoms with Gasteiger partial charge in [-0.2, -0.15) is 0 Å². The molecule has 18 heavy (non-hydrogen) atoms. The van der Waals surface area contributed by atoms with Crippen LogP contribution in [-0.2, 0) is 4.79 Å². The predicted molar refractivity (Wildman–Crippen MR) is 77.9 cm³/mol. The summed E-state index contributed by atoms with van der Waals surface area (Å²) in [5.74, 6) is -0.660. The van der Waals surface area contributed by atoms with Gasteiger partial charge in [0, 0.05) is 6.42 Å². The predicted octanol–water partition coefficient (Wildman–Crippen LogP) is 5.33. The van der Waals surface area contributed by atoms with E-state index in [1.807, 2.05) is 0 Å². The lowest BCUT2D eigenvalue weighted by Gasteiger charge is -2.01. The first kappa shape index (κ1) is 17.2. The summed E-state index contributed by atoms with van der Waals surface area (Å²) in [4.78, 5) is 10.3. The molecule has 0 saturated carbocycles. The highest BCUT2D eigenvalue weighted by molar-refractivity contribution is 5.66. The van der Waals surface area contributed by atoms with Crippen molar-refractivity contribution >= 4 is 5.97 Å². The minimum Gasteiger partial charge on any atom is -0.481 e. The highest BCUT2D eigenvalue weighted by atomic mass is 16.4. The molecule has 0 aliphatic rings. The lowest BCUT2D eigenvalue weighted by atomic mass is 10.1. The summed E-state index contributed by atoms with van der Waals surface area (Å²) in [5.41, 5.74) is 0. The minimum atomic E-state index is -0.660. The van der Waals surface area contributed by atoms with E-state index in [4.69, 9.17) is 5.11 Å². The lowest BCUT2D eigenvalue weighted by molar-refractivity contribution is -0.137. The van der Waals surface area contributed by atoms with E-state index in [-0.39, 0.29) is 0 Å². The molecule has 0 aromatic carbocycles. The van der Waals surface area contributed by atoms with Crippen molar-refractivity contribution in [3.63, 3.8) is 0 Å². The molecule has 0 rings (SSSR count). The van der Waals surface area contributed by atoms with Gasteiger partial charge in [0.05, 0.1) is 0 Å². The molecular formula is C16H30O2. The van der Waals surface area contributed by atoms with Gasteiger partial charge in [-0.15, -0.1) is 0 Å². The Morgan fingerprint density at radius 2 is 1.33 bits per heavy atom. The van der Waals surface area contributed by atoms with Crippen molar-refractivity contribution in [3.8, 4) is 0 Å². The van der Waals surface area contributed by atoms with Crippen LogP contribution in [0.1, 0.15) is 84.0 Å². The SMILES string of the molecule is CC/C=C/CCCCCCCCCCCC(=O)O. The quantitative estimate of drug-likeness (QED) is 0.356. The van der Waals surface area contributed by atoms with Gasteiger partial charge in [-0.3, -0.25) is 4.79 Å². The molecule has 0 spiro atoms. The highest BCUT2D eigenvalue weighted by Gasteiger charge is 1.96. The summed E-state index contributed by atoms with van der Waals surface area (Å²) in [6.07, 6.45) is 18.4. The van der Waals surface area contributed by atoms with Crippen LogP contribution in [0, 0.1) is 0 Å². The van der Waals surface area contributed by atoms with Crippen LogP contribution in [-0.4, -0.2) is 11.1 Å². The van der Waals surface area contributed by atoms with Gasteiger partial charge in [0.15, 0.2) is 0 Å². The van der Waals surface area contributed by atoms with Crippen LogP contribution in [0.2, 0.25) is 0 Å². The van der Waals surface area contributed by atoms with Crippen LogP contribution in [0.4, 0.5) is 0 Å². The normalized spacial score (nSPS) is 11.2. The average Bonchev–Trinajstić information content (AvgIpc) is 2.34. The second-order valence-corrected chi connectivity index (χ2v) is 4.99. The van der Waals surface area contributed by atoms with Crippen LogP contribution >= 0.6 is 0 Å². The number of carbonyl (C=O) groups is 1. The number of unbranched alkanes of at least 4 members (excludes halogenated alkanes) is 9. The zero-order chi connectivity index (χ0) is 13.5. The molecule has 0 atom stereocenters. The molecule has 2 nitrogen and oxygen atoms in total. The summed E-state index contributed by atoms with van der Waals surface area (Å²) in [7, 11) is 0. The van der Waals surface area contributed by atoms with Crippen molar-refractivity contribution in [3.05, 3.63) is 12.2 Å². The molecule has 0 amide bonds. The van der Waals surface area contributed by atoms with E-state index in [1.54, 1.807) is 0 Å². The molecule has 106 valence electrons. The van der Waals surface area contributed by atoms with Gasteiger partial charge in [0.1, 0.15) is 0 Å². The fourth-order valence-corrected chi connectivity index (χ4v) is 2.06. The summed E-state index contributed by atoms with van der Waals surface area (Å²) in [5, 5.41) is 8.49. The van der Waals surface area contributed by atoms with Crippen molar-refractivity contribution in [2.24, 2.45) is 0 Å². The first-order valence-electron chi connectivity index (χ1n) is 7.64. The third-order valence-corrected chi connectivity index (χ3v) is 3.16. The van der Waals surface area contributed by atoms with Crippen molar-refractivity contribution in [2.75, 3.05) is 0 Å². The highest BCUT2D eigenvalue weighted by Crippen LogP contribution is 2.11. The fraction of sp³-hybridized carbons (Fsp3) is 0.812.